The molecule has 0 fully saturated rings. The van der Waals surface area contributed by atoms with Crippen molar-refractivity contribution in [2.75, 3.05) is 11.1 Å². The van der Waals surface area contributed by atoms with Gasteiger partial charge in [-0.05, 0) is 38.5 Å². The Kier molecular flexibility index (Phi) is 3.66. The molecule has 6 heteroatoms. The van der Waals surface area contributed by atoms with Gasteiger partial charge in [0, 0.05) is 10.6 Å². The number of halogens is 1. The summed E-state index contributed by atoms with van der Waals surface area (Å²) in [4.78, 5) is 4.20. The molecule has 0 radical (unpaired) electrons. The third-order valence-corrected chi connectivity index (χ3v) is 2.68. The van der Waals surface area contributed by atoms with Crippen molar-refractivity contribution >= 4 is 23.5 Å². The molecule has 0 unspecified atom stereocenters. The maximum absolute atomic E-state index is 5.86. The van der Waals surface area contributed by atoms with Crippen LogP contribution in [0.5, 0.6) is 0 Å². The lowest BCUT2D eigenvalue weighted by Crippen LogP contribution is -2.26. The molecule has 0 aliphatic heterocycles. The molecule has 1 aromatic carbocycles. The van der Waals surface area contributed by atoms with Crippen LogP contribution in [0.4, 0.5) is 11.9 Å². The third kappa shape index (κ3) is 3.86. The Hall–Kier alpha value is -1.75. The number of rotatable bonds is 3. The number of hydrogen-bond donors (Lipinski definition) is 2. The Bertz CT molecular complexity index is 553. The monoisotopic (exact) mass is 279 g/mol. The van der Waals surface area contributed by atoms with E-state index in [9.17, 15) is 0 Å². The zero-order valence-corrected chi connectivity index (χ0v) is 12.1. The summed E-state index contributed by atoms with van der Waals surface area (Å²) in [5, 5.41) is 8.26. The number of hydrogen-bond acceptors (Lipinski definition) is 4. The molecule has 5 nitrogen and oxygen atoms in total. The van der Waals surface area contributed by atoms with Crippen LogP contribution in [0, 0.1) is 0 Å². The number of nitrogen functional groups attached to an aromatic ring is 1. The van der Waals surface area contributed by atoms with E-state index < -0.39 is 0 Å². The minimum absolute atomic E-state index is 0.0983. The van der Waals surface area contributed by atoms with Gasteiger partial charge in [0.25, 0.3) is 0 Å². The molecule has 0 atom stereocenters. The van der Waals surface area contributed by atoms with Crippen molar-refractivity contribution in [1.29, 1.82) is 0 Å². The van der Waals surface area contributed by atoms with Gasteiger partial charge in [-0.25, -0.2) is 4.68 Å². The van der Waals surface area contributed by atoms with Crippen LogP contribution in [0.3, 0.4) is 0 Å². The number of nitrogens with two attached hydrogens (primary N) is 1. The summed E-state index contributed by atoms with van der Waals surface area (Å²) in [6.07, 6.45) is 0. The average Bonchev–Trinajstić information content (AvgIpc) is 2.60. The lowest BCUT2D eigenvalue weighted by Gasteiger charge is -2.18. The van der Waals surface area contributed by atoms with E-state index in [0.29, 0.717) is 23.5 Å². The molecule has 1 aromatic heterocycles. The van der Waals surface area contributed by atoms with E-state index in [4.69, 9.17) is 17.3 Å². The molecule has 0 spiro atoms. The Morgan fingerprint density at radius 1 is 1.26 bits per heavy atom. The largest absolute Gasteiger partial charge is 0.368 e. The second-order valence-electron chi connectivity index (χ2n) is 5.45. The van der Waals surface area contributed by atoms with Gasteiger partial charge in [0.15, 0.2) is 0 Å². The molecule has 1 heterocycles. The maximum Gasteiger partial charge on any atom is 0.244 e. The van der Waals surface area contributed by atoms with Crippen molar-refractivity contribution in [3.05, 3.63) is 34.9 Å². The van der Waals surface area contributed by atoms with Crippen LogP contribution >= 0.6 is 11.6 Å². The molecule has 0 saturated carbocycles. The first kappa shape index (κ1) is 13.7. The minimum atomic E-state index is -0.0983. The lowest BCUT2D eigenvalue weighted by atomic mass is 10.1. The summed E-state index contributed by atoms with van der Waals surface area (Å²) in [6.45, 7) is 6.71. The van der Waals surface area contributed by atoms with Crippen molar-refractivity contribution in [2.45, 2.75) is 32.9 Å². The van der Waals surface area contributed by atoms with Gasteiger partial charge in [-0.3, -0.25) is 0 Å². The number of nitrogens with one attached hydrogen (secondary N) is 1. The van der Waals surface area contributed by atoms with Crippen molar-refractivity contribution in [3.63, 3.8) is 0 Å². The summed E-state index contributed by atoms with van der Waals surface area (Å²) < 4.78 is 1.66. The maximum atomic E-state index is 5.86. The van der Waals surface area contributed by atoms with Gasteiger partial charge in [0.1, 0.15) is 0 Å². The van der Waals surface area contributed by atoms with Gasteiger partial charge in [-0.15, -0.1) is 5.10 Å². The van der Waals surface area contributed by atoms with Crippen LogP contribution < -0.4 is 11.1 Å². The Morgan fingerprint density at radius 2 is 1.89 bits per heavy atom. The first-order chi connectivity index (χ1) is 8.83. The van der Waals surface area contributed by atoms with Crippen LogP contribution in [0.2, 0.25) is 5.02 Å². The molecule has 0 saturated heterocycles. The standard InChI is InChI=1S/C13H18ClN5/c1-13(2,3)17-12-16-11(15)19(18-12)8-9-4-6-10(14)7-5-9/h4-7H,8H2,1-3H3,(H3,15,16,17,18). The van der Waals surface area contributed by atoms with Gasteiger partial charge in [0.2, 0.25) is 11.9 Å². The van der Waals surface area contributed by atoms with Gasteiger partial charge >= 0.3 is 0 Å². The summed E-state index contributed by atoms with van der Waals surface area (Å²) in [5.74, 6) is 0.931. The van der Waals surface area contributed by atoms with E-state index in [1.807, 2.05) is 45.0 Å². The fourth-order valence-electron chi connectivity index (χ4n) is 1.62. The van der Waals surface area contributed by atoms with Crippen LogP contribution in [0.25, 0.3) is 0 Å². The molecule has 0 aliphatic carbocycles. The van der Waals surface area contributed by atoms with E-state index in [-0.39, 0.29) is 5.54 Å². The Labute approximate surface area is 117 Å². The number of nitrogens with zero attached hydrogens (tertiary/aromatic N) is 3. The summed E-state index contributed by atoms with van der Waals surface area (Å²) in [5.41, 5.74) is 6.84. The van der Waals surface area contributed by atoms with Gasteiger partial charge in [-0.2, -0.15) is 4.98 Å². The fraction of sp³-hybridized carbons (Fsp3) is 0.385. The van der Waals surface area contributed by atoms with Crippen LogP contribution in [0.15, 0.2) is 24.3 Å². The van der Waals surface area contributed by atoms with Crippen LogP contribution in [-0.4, -0.2) is 20.3 Å². The minimum Gasteiger partial charge on any atom is -0.368 e. The summed E-state index contributed by atoms with van der Waals surface area (Å²) in [7, 11) is 0. The van der Waals surface area contributed by atoms with Crippen molar-refractivity contribution in [2.24, 2.45) is 0 Å². The average molecular weight is 280 g/mol. The number of anilines is 2. The fourth-order valence-corrected chi connectivity index (χ4v) is 1.75. The van der Waals surface area contributed by atoms with Crippen LogP contribution in [-0.2, 0) is 6.54 Å². The molecule has 102 valence electrons. The molecular weight excluding hydrogens is 262 g/mol. The highest BCUT2D eigenvalue weighted by atomic mass is 35.5. The van der Waals surface area contributed by atoms with Crippen LogP contribution in [0.1, 0.15) is 26.3 Å². The molecule has 3 N–H and O–H groups in total. The SMILES string of the molecule is CC(C)(C)Nc1nc(N)n(Cc2ccc(Cl)cc2)n1. The van der Waals surface area contributed by atoms with E-state index in [1.165, 1.54) is 0 Å². The molecule has 2 aromatic rings. The lowest BCUT2D eigenvalue weighted by molar-refractivity contribution is 0.619. The Morgan fingerprint density at radius 3 is 2.47 bits per heavy atom. The van der Waals surface area contributed by atoms with Gasteiger partial charge in [0.05, 0.1) is 6.54 Å². The molecule has 0 aliphatic rings. The van der Waals surface area contributed by atoms with Gasteiger partial charge < -0.3 is 11.1 Å². The highest BCUT2D eigenvalue weighted by Gasteiger charge is 2.14. The summed E-state index contributed by atoms with van der Waals surface area (Å²) >= 11 is 5.85. The van der Waals surface area contributed by atoms with Crippen molar-refractivity contribution in [3.8, 4) is 0 Å². The molecule has 19 heavy (non-hydrogen) atoms. The smallest absolute Gasteiger partial charge is 0.244 e. The van der Waals surface area contributed by atoms with E-state index in [1.54, 1.807) is 4.68 Å². The van der Waals surface area contributed by atoms with Crippen molar-refractivity contribution < 1.29 is 0 Å². The first-order valence-corrected chi connectivity index (χ1v) is 6.44. The highest BCUT2D eigenvalue weighted by molar-refractivity contribution is 6.30. The number of benzene rings is 1. The zero-order chi connectivity index (χ0) is 14.0. The topological polar surface area (TPSA) is 68.8 Å². The molecule has 0 bridgehead atoms. The highest BCUT2D eigenvalue weighted by Crippen LogP contribution is 2.15. The molecular formula is C13H18ClN5. The third-order valence-electron chi connectivity index (χ3n) is 2.43. The van der Waals surface area contributed by atoms with Gasteiger partial charge in [-0.1, -0.05) is 23.7 Å². The molecule has 0 amide bonds. The molecule has 2 rings (SSSR count). The quantitative estimate of drug-likeness (QED) is 0.906. The first-order valence-electron chi connectivity index (χ1n) is 6.06. The predicted molar refractivity (Wildman–Crippen MR) is 78.4 cm³/mol. The number of aromatic nitrogens is 3. The van der Waals surface area contributed by atoms with Crippen molar-refractivity contribution in [1.82, 2.24) is 14.8 Å². The predicted octanol–water partition coefficient (Wildman–Crippen LogP) is 2.77. The van der Waals surface area contributed by atoms with E-state index in [2.05, 4.69) is 15.4 Å². The Balaban J connectivity index is 2.15. The zero-order valence-electron chi connectivity index (χ0n) is 11.3. The van der Waals surface area contributed by atoms with E-state index in [0.717, 1.165) is 5.56 Å². The second-order valence-corrected chi connectivity index (χ2v) is 5.89. The summed E-state index contributed by atoms with van der Waals surface area (Å²) in [6, 6.07) is 7.58. The second kappa shape index (κ2) is 5.09. The van der Waals surface area contributed by atoms with E-state index >= 15 is 0 Å². The normalized spacial score (nSPS) is 11.6.